The smallest absolute Gasteiger partial charge is 0.311 e. The molecule has 0 spiro atoms. The minimum Gasteiger partial charge on any atom is -0.497 e. The number of hydrogen-bond acceptors (Lipinski definition) is 5. The molecule has 6 heteroatoms. The lowest BCUT2D eigenvalue weighted by Gasteiger charge is -2.18. The summed E-state index contributed by atoms with van der Waals surface area (Å²) in [5.74, 6) is -1.04. The zero-order valence-corrected chi connectivity index (χ0v) is 16.5. The van der Waals surface area contributed by atoms with E-state index in [9.17, 15) is 14.4 Å². The molecular weight excluding hydrogens is 382 g/mol. The van der Waals surface area contributed by atoms with Crippen molar-refractivity contribution in [2.75, 3.05) is 25.2 Å². The molecule has 0 saturated carbocycles. The molecule has 1 fully saturated rings. The van der Waals surface area contributed by atoms with Gasteiger partial charge >= 0.3 is 5.97 Å². The third-order valence-corrected chi connectivity index (χ3v) is 5.25. The van der Waals surface area contributed by atoms with Gasteiger partial charge in [0.1, 0.15) is 5.75 Å². The molecule has 3 aromatic carbocycles. The molecule has 0 N–H and O–H groups in total. The van der Waals surface area contributed by atoms with Gasteiger partial charge in [-0.1, -0.05) is 48.5 Å². The minimum atomic E-state index is -0.602. The Morgan fingerprint density at radius 2 is 1.80 bits per heavy atom. The van der Waals surface area contributed by atoms with Gasteiger partial charge in [0.05, 0.1) is 18.7 Å². The van der Waals surface area contributed by atoms with Gasteiger partial charge in [0.25, 0.3) is 0 Å². The first-order valence-corrected chi connectivity index (χ1v) is 9.69. The van der Waals surface area contributed by atoms with Gasteiger partial charge in [0, 0.05) is 23.9 Å². The first kappa shape index (κ1) is 19.6. The third-order valence-electron chi connectivity index (χ3n) is 5.25. The van der Waals surface area contributed by atoms with Crippen molar-refractivity contribution in [2.24, 2.45) is 5.92 Å². The topological polar surface area (TPSA) is 72.9 Å². The fraction of sp³-hybridized carbons (Fsp3) is 0.208. The van der Waals surface area contributed by atoms with E-state index in [0.717, 1.165) is 16.5 Å². The number of methoxy groups -OCH3 is 1. The number of amides is 1. The highest BCUT2D eigenvalue weighted by Gasteiger charge is 2.37. The van der Waals surface area contributed by atoms with Crippen LogP contribution in [0.2, 0.25) is 0 Å². The maximum absolute atomic E-state index is 12.6. The lowest BCUT2D eigenvalue weighted by Crippen LogP contribution is -2.27. The molecule has 1 amide bonds. The van der Waals surface area contributed by atoms with E-state index in [-0.39, 0.29) is 31.3 Å². The van der Waals surface area contributed by atoms with Crippen molar-refractivity contribution in [1.82, 2.24) is 0 Å². The average Bonchev–Trinajstić information content (AvgIpc) is 3.18. The Morgan fingerprint density at radius 1 is 1.03 bits per heavy atom. The fourth-order valence-electron chi connectivity index (χ4n) is 3.68. The molecular formula is C24H21NO5. The number of fused-ring (bicyclic) bond motifs is 1. The van der Waals surface area contributed by atoms with E-state index in [1.807, 2.05) is 42.5 Å². The number of nitrogens with zero attached hydrogens (tertiary/aromatic N) is 1. The Bertz CT molecular complexity index is 1120. The largest absolute Gasteiger partial charge is 0.497 e. The zero-order valence-electron chi connectivity index (χ0n) is 16.5. The van der Waals surface area contributed by atoms with E-state index < -0.39 is 11.9 Å². The van der Waals surface area contributed by atoms with E-state index in [0.29, 0.717) is 11.3 Å². The maximum Gasteiger partial charge on any atom is 0.311 e. The van der Waals surface area contributed by atoms with E-state index in [1.54, 1.807) is 29.2 Å². The highest BCUT2D eigenvalue weighted by Crippen LogP contribution is 2.32. The van der Waals surface area contributed by atoms with Crippen LogP contribution >= 0.6 is 0 Å². The summed E-state index contributed by atoms with van der Waals surface area (Å²) >= 11 is 0. The van der Waals surface area contributed by atoms with E-state index in [4.69, 9.17) is 9.47 Å². The molecule has 0 bridgehead atoms. The fourth-order valence-corrected chi connectivity index (χ4v) is 3.68. The maximum atomic E-state index is 12.6. The molecule has 30 heavy (non-hydrogen) atoms. The first-order chi connectivity index (χ1) is 14.6. The van der Waals surface area contributed by atoms with Crippen LogP contribution in [0.5, 0.6) is 5.75 Å². The van der Waals surface area contributed by atoms with Gasteiger partial charge in [-0.15, -0.1) is 0 Å². The molecule has 1 heterocycles. The van der Waals surface area contributed by atoms with Crippen LogP contribution in [-0.4, -0.2) is 37.9 Å². The van der Waals surface area contributed by atoms with Crippen LogP contribution in [-0.2, 0) is 14.3 Å². The van der Waals surface area contributed by atoms with Crippen molar-refractivity contribution in [3.05, 3.63) is 72.3 Å². The average molecular weight is 403 g/mol. The van der Waals surface area contributed by atoms with Crippen LogP contribution in [0.15, 0.2) is 66.7 Å². The summed E-state index contributed by atoms with van der Waals surface area (Å²) in [5.41, 5.74) is 1.18. The molecule has 152 valence electrons. The Morgan fingerprint density at radius 3 is 2.63 bits per heavy atom. The third kappa shape index (κ3) is 3.89. The second-order valence-corrected chi connectivity index (χ2v) is 7.17. The lowest BCUT2D eigenvalue weighted by molar-refractivity contribution is -0.147. The number of hydrogen-bond donors (Lipinski definition) is 0. The van der Waals surface area contributed by atoms with E-state index in [2.05, 4.69) is 0 Å². The first-order valence-electron chi connectivity index (χ1n) is 9.69. The summed E-state index contributed by atoms with van der Waals surface area (Å²) in [4.78, 5) is 39.1. The van der Waals surface area contributed by atoms with Gasteiger partial charge < -0.3 is 14.4 Å². The number of esters is 1. The summed E-state index contributed by atoms with van der Waals surface area (Å²) in [7, 11) is 1.52. The van der Waals surface area contributed by atoms with Crippen molar-refractivity contribution >= 4 is 34.1 Å². The molecule has 3 aromatic rings. The van der Waals surface area contributed by atoms with Gasteiger partial charge in [-0.25, -0.2) is 0 Å². The molecule has 1 saturated heterocycles. The van der Waals surface area contributed by atoms with Gasteiger partial charge in [-0.05, 0) is 23.6 Å². The number of benzene rings is 3. The highest BCUT2D eigenvalue weighted by molar-refractivity contribution is 6.06. The zero-order chi connectivity index (χ0) is 21.1. The molecule has 6 nitrogen and oxygen atoms in total. The molecule has 0 radical (unpaired) electrons. The summed E-state index contributed by atoms with van der Waals surface area (Å²) < 4.78 is 10.3. The normalized spacial score (nSPS) is 16.0. The number of Topliss-reactive ketones (excluding diaryl/α,β-unsaturated/α-hetero) is 1. The Hall–Kier alpha value is -3.67. The molecule has 0 aromatic heterocycles. The molecule has 1 atom stereocenters. The number of ketones is 1. The number of carbonyl (C=O) groups is 3. The van der Waals surface area contributed by atoms with Crippen molar-refractivity contribution in [3.63, 3.8) is 0 Å². The van der Waals surface area contributed by atoms with Crippen LogP contribution in [0.3, 0.4) is 0 Å². The van der Waals surface area contributed by atoms with Gasteiger partial charge in [-0.3, -0.25) is 14.4 Å². The van der Waals surface area contributed by atoms with Crippen molar-refractivity contribution < 1.29 is 23.9 Å². The number of rotatable bonds is 6. The molecule has 0 aliphatic carbocycles. The van der Waals surface area contributed by atoms with Crippen LogP contribution < -0.4 is 9.64 Å². The molecule has 1 aliphatic heterocycles. The van der Waals surface area contributed by atoms with Crippen LogP contribution in [0.4, 0.5) is 5.69 Å². The molecule has 4 rings (SSSR count). The van der Waals surface area contributed by atoms with Gasteiger partial charge in [0.15, 0.2) is 12.4 Å². The number of carbonyl (C=O) groups excluding carboxylic acids is 3. The predicted octanol–water partition coefficient (Wildman–Crippen LogP) is 3.63. The van der Waals surface area contributed by atoms with Crippen molar-refractivity contribution in [1.29, 1.82) is 0 Å². The second kappa shape index (κ2) is 8.37. The monoisotopic (exact) mass is 403 g/mol. The van der Waals surface area contributed by atoms with E-state index in [1.165, 1.54) is 7.11 Å². The van der Waals surface area contributed by atoms with Gasteiger partial charge in [-0.2, -0.15) is 0 Å². The van der Waals surface area contributed by atoms with Crippen LogP contribution in [0.25, 0.3) is 10.8 Å². The number of ether oxygens (including phenoxy) is 2. The Kier molecular flexibility index (Phi) is 5.48. The van der Waals surface area contributed by atoms with Gasteiger partial charge in [0.2, 0.25) is 5.91 Å². The summed E-state index contributed by atoms with van der Waals surface area (Å²) in [6.07, 6.45) is 0.0649. The van der Waals surface area contributed by atoms with Crippen LogP contribution in [0.1, 0.15) is 16.8 Å². The van der Waals surface area contributed by atoms with E-state index >= 15 is 0 Å². The second-order valence-electron chi connectivity index (χ2n) is 7.17. The summed E-state index contributed by atoms with van der Waals surface area (Å²) in [6, 6.07) is 20.2. The SMILES string of the molecule is COc1cccc(C(=O)COC(=O)C2CC(=O)N(c3cccc4ccccc34)C2)c1. The Balaban J connectivity index is 1.42. The lowest BCUT2D eigenvalue weighted by atomic mass is 10.1. The minimum absolute atomic E-state index is 0.0649. The molecule has 1 aliphatic rings. The Labute approximate surface area is 174 Å². The quantitative estimate of drug-likeness (QED) is 0.464. The highest BCUT2D eigenvalue weighted by atomic mass is 16.5. The standard InChI is InChI=1S/C24H21NO5/c1-29-19-9-4-8-17(12-19)22(26)15-30-24(28)18-13-23(27)25(14-18)21-11-5-7-16-6-2-3-10-20(16)21/h2-12,18H,13-15H2,1H3. The van der Waals surface area contributed by atoms with Crippen molar-refractivity contribution in [2.45, 2.75) is 6.42 Å². The summed E-state index contributed by atoms with van der Waals surface area (Å²) in [5, 5.41) is 1.98. The predicted molar refractivity (Wildman–Crippen MR) is 113 cm³/mol. The van der Waals surface area contributed by atoms with Crippen molar-refractivity contribution in [3.8, 4) is 5.75 Å². The number of anilines is 1. The van der Waals surface area contributed by atoms with Crippen LogP contribution in [0, 0.1) is 5.92 Å². The molecule has 1 unspecified atom stereocenters. The summed E-state index contributed by atoms with van der Waals surface area (Å²) in [6.45, 7) is -0.135.